The van der Waals surface area contributed by atoms with Crippen LogP contribution in [-0.2, 0) is 21.7 Å². The second-order valence-corrected chi connectivity index (χ2v) is 14.9. The maximum absolute atomic E-state index is 4.98. The van der Waals surface area contributed by atoms with Crippen molar-refractivity contribution in [3.05, 3.63) is 58.7 Å². The number of benzene rings is 2. The van der Waals surface area contributed by atoms with Crippen molar-refractivity contribution in [1.82, 2.24) is 0 Å². The van der Waals surface area contributed by atoms with Crippen molar-refractivity contribution in [3.8, 4) is 0 Å². The quantitative estimate of drug-likeness (QED) is 0.486. The van der Waals surface area contributed by atoms with Gasteiger partial charge in [0.05, 0.1) is 0 Å². The molecule has 0 nitrogen and oxygen atoms in total. The topological polar surface area (TPSA) is 0 Å². The summed E-state index contributed by atoms with van der Waals surface area (Å²) in [6.07, 6.45) is 4.98. The Morgan fingerprint density at radius 3 is 0.839 bits per heavy atom. The summed E-state index contributed by atoms with van der Waals surface area (Å²) in [5.74, 6) is 0. The van der Waals surface area contributed by atoms with Gasteiger partial charge in [0.15, 0.2) is 0 Å². The summed E-state index contributed by atoms with van der Waals surface area (Å²) in [4.78, 5) is 0. The van der Waals surface area contributed by atoms with Gasteiger partial charge >= 0.3 is 18.9 Å². The van der Waals surface area contributed by atoms with E-state index < -0.39 is 7.55 Å². The fourth-order valence-corrected chi connectivity index (χ4v) is 7.76. The van der Waals surface area contributed by atoms with Gasteiger partial charge in [0.1, 0.15) is 0 Å². The van der Waals surface area contributed by atoms with Gasteiger partial charge in [-0.25, -0.2) is 6.30 Å². The number of hydrogen-bond acceptors (Lipinski definition) is 0. The summed E-state index contributed by atoms with van der Waals surface area (Å²) in [5.41, 5.74) is 6.19. The van der Waals surface area contributed by atoms with Gasteiger partial charge in [0.25, 0.3) is 0 Å². The summed E-state index contributed by atoms with van der Waals surface area (Å²) in [6, 6.07) is 13.9. The number of hydrogen-bond donors (Lipinski definition) is 0. The molecule has 2 heteroatoms. The molecule has 167 valence electrons. The summed E-state index contributed by atoms with van der Waals surface area (Å²) in [5, 5.41) is 3.04. The minimum Gasteiger partial charge on any atom is -0.257 e. The van der Waals surface area contributed by atoms with Crippen molar-refractivity contribution in [2.24, 2.45) is 0 Å². The minimum atomic E-state index is -1.24. The van der Waals surface area contributed by atoms with Crippen LogP contribution in [0.5, 0.6) is 0 Å². The maximum atomic E-state index is 4.98. The zero-order valence-electron chi connectivity index (χ0n) is 22.7. The van der Waals surface area contributed by atoms with Crippen molar-refractivity contribution in [2.75, 3.05) is 0 Å². The fourth-order valence-electron chi connectivity index (χ4n) is 4.38. The Morgan fingerprint density at radius 1 is 0.484 bits per heavy atom. The smallest absolute Gasteiger partial charge is 0.257 e. The van der Waals surface area contributed by atoms with Crippen LogP contribution in [0, 0.1) is 0 Å². The van der Waals surface area contributed by atoms with Crippen molar-refractivity contribution in [1.29, 1.82) is 0 Å². The van der Waals surface area contributed by atoms with E-state index in [1.807, 2.05) is 0 Å². The van der Waals surface area contributed by atoms with Crippen LogP contribution in [0.25, 0.3) is 0 Å². The Morgan fingerprint density at radius 2 is 0.677 bits per heavy atom. The molecule has 0 aliphatic rings. The summed E-state index contributed by atoms with van der Waals surface area (Å²) < 4.78 is 0. The normalized spacial score (nSPS) is 13.3. The van der Waals surface area contributed by atoms with Crippen LogP contribution in [0.4, 0.5) is 0 Å². The second-order valence-electron chi connectivity index (χ2n) is 12.9. The molecule has 0 fully saturated rings. The van der Waals surface area contributed by atoms with Crippen LogP contribution >= 0.6 is 7.55 Å². The standard InChI is InChI=1S/C29H45P.Li/c1-26(2,3)20-16-14-17-21(27(4,5)6)24(20)30(13)25-22(28(7,8)9)18-15-19-23(25)29(10,11)12;/h14-19,30H,13H2,1-12H3;/q-1;+1. The first-order valence-corrected chi connectivity index (χ1v) is 13.0. The summed E-state index contributed by atoms with van der Waals surface area (Å²) in [7, 11) is -1.24. The van der Waals surface area contributed by atoms with Gasteiger partial charge in [0, 0.05) is 0 Å². The molecule has 0 saturated heterocycles. The van der Waals surface area contributed by atoms with Gasteiger partial charge in [-0.3, -0.25) is 7.55 Å². The van der Waals surface area contributed by atoms with Gasteiger partial charge in [-0.05, 0) is 21.7 Å². The molecule has 0 spiro atoms. The van der Waals surface area contributed by atoms with E-state index in [2.05, 4.69) is 119 Å². The molecule has 0 aliphatic carbocycles. The molecular formula is C29H45LiP. The minimum absolute atomic E-state index is 0. The molecule has 2 aromatic rings. The largest absolute Gasteiger partial charge is 1.00 e. The predicted octanol–water partition coefficient (Wildman–Crippen LogP) is 4.48. The Balaban J connectivity index is 0.00000480. The fraction of sp³-hybridized carbons (Fsp3) is 0.552. The van der Waals surface area contributed by atoms with Crippen LogP contribution in [0.3, 0.4) is 0 Å². The van der Waals surface area contributed by atoms with Gasteiger partial charge in [-0.15, -0.1) is 10.6 Å². The molecule has 0 atom stereocenters. The van der Waals surface area contributed by atoms with Crippen molar-refractivity contribution in [3.63, 3.8) is 0 Å². The van der Waals surface area contributed by atoms with E-state index >= 15 is 0 Å². The predicted molar refractivity (Wildman–Crippen MR) is 142 cm³/mol. The van der Waals surface area contributed by atoms with Crippen molar-refractivity contribution >= 4 is 24.5 Å². The van der Waals surface area contributed by atoms with Crippen LogP contribution in [0.1, 0.15) is 105 Å². The molecule has 0 aliphatic heterocycles. The van der Waals surface area contributed by atoms with Crippen molar-refractivity contribution < 1.29 is 18.9 Å². The average Bonchev–Trinajstić information content (AvgIpc) is 2.56. The average molecular weight is 432 g/mol. The molecule has 0 unspecified atom stereocenters. The first-order chi connectivity index (χ1) is 13.4. The van der Waals surface area contributed by atoms with E-state index in [1.165, 1.54) is 32.9 Å². The van der Waals surface area contributed by atoms with Gasteiger partial charge < -0.3 is 0 Å². The number of rotatable bonds is 2. The molecule has 0 radical (unpaired) electrons. The molecule has 0 heterocycles. The third-order valence-corrected chi connectivity index (χ3v) is 8.25. The SMILES string of the molecule is C=[PH-](c1c(C(C)(C)C)cccc1C(C)(C)C)c1c(C(C)(C)C)cccc1C(C)(C)C.[Li+]. The van der Waals surface area contributed by atoms with E-state index in [0.29, 0.717) is 0 Å². The third-order valence-electron chi connectivity index (χ3n) is 5.96. The van der Waals surface area contributed by atoms with E-state index in [1.54, 1.807) is 0 Å². The van der Waals surface area contributed by atoms with E-state index in [9.17, 15) is 0 Å². The molecule has 2 aromatic carbocycles. The van der Waals surface area contributed by atoms with Crippen LogP contribution in [0.2, 0.25) is 0 Å². The molecule has 31 heavy (non-hydrogen) atoms. The molecule has 0 bridgehead atoms. The maximum Gasteiger partial charge on any atom is 1.00 e. The van der Waals surface area contributed by atoms with Crippen LogP contribution < -0.4 is 29.5 Å². The van der Waals surface area contributed by atoms with E-state index in [0.717, 1.165) is 0 Å². The molecule has 0 N–H and O–H groups in total. The monoisotopic (exact) mass is 431 g/mol. The van der Waals surface area contributed by atoms with Crippen LogP contribution in [-0.4, -0.2) is 6.30 Å². The second kappa shape index (κ2) is 9.30. The Bertz CT molecular complexity index is 797. The van der Waals surface area contributed by atoms with E-state index in [-0.39, 0.29) is 40.5 Å². The van der Waals surface area contributed by atoms with Gasteiger partial charge in [0.2, 0.25) is 0 Å². The zero-order valence-corrected chi connectivity index (χ0v) is 23.7. The summed E-state index contributed by atoms with van der Waals surface area (Å²) in [6.45, 7) is 28.1. The molecular weight excluding hydrogens is 386 g/mol. The van der Waals surface area contributed by atoms with Gasteiger partial charge in [-0.2, -0.15) is 0 Å². The first kappa shape index (κ1) is 28.4. The molecule has 0 saturated carbocycles. The molecule has 0 amide bonds. The first-order valence-electron chi connectivity index (χ1n) is 11.3. The third kappa shape index (κ3) is 6.23. The summed E-state index contributed by atoms with van der Waals surface area (Å²) >= 11 is 0. The van der Waals surface area contributed by atoms with E-state index in [4.69, 9.17) is 6.30 Å². The molecule has 2 rings (SSSR count). The Kier molecular flexibility index (Phi) is 8.51. The van der Waals surface area contributed by atoms with Gasteiger partial charge in [-0.1, -0.05) is 142 Å². The van der Waals surface area contributed by atoms with Crippen molar-refractivity contribution in [2.45, 2.75) is 105 Å². The zero-order chi connectivity index (χ0) is 23.3. The Labute approximate surface area is 206 Å². The molecule has 0 aromatic heterocycles. The van der Waals surface area contributed by atoms with Crippen LogP contribution in [0.15, 0.2) is 36.4 Å². The Hall–Kier alpha value is -0.663.